The van der Waals surface area contributed by atoms with Crippen LogP contribution in [0.15, 0.2) is 30.9 Å². The van der Waals surface area contributed by atoms with Crippen LogP contribution in [-0.2, 0) is 29.9 Å². The summed E-state index contributed by atoms with van der Waals surface area (Å²) in [6.45, 7) is 0. The second kappa shape index (κ2) is 8.11. The Morgan fingerprint density at radius 2 is 1.93 bits per heavy atom. The van der Waals surface area contributed by atoms with Gasteiger partial charge in [-0.1, -0.05) is 23.2 Å². The molecule has 0 fully saturated rings. The summed E-state index contributed by atoms with van der Waals surface area (Å²) in [5, 5.41) is 3.77. The van der Waals surface area contributed by atoms with E-state index in [0.717, 1.165) is 0 Å². The number of rotatable bonds is 6. The van der Waals surface area contributed by atoms with Gasteiger partial charge >= 0.3 is 0 Å². The second-order valence-corrected chi connectivity index (χ2v) is 8.69. The number of nitrogens with one attached hydrogen (secondary N) is 2. The van der Waals surface area contributed by atoms with Crippen molar-refractivity contribution in [2.24, 2.45) is 14.1 Å². The van der Waals surface area contributed by atoms with Crippen LogP contribution in [0.25, 0.3) is 11.3 Å². The minimum atomic E-state index is -4.04. The van der Waals surface area contributed by atoms with E-state index in [0.29, 0.717) is 11.3 Å². The lowest BCUT2D eigenvalue weighted by Crippen LogP contribution is -2.42. The van der Waals surface area contributed by atoms with Crippen molar-refractivity contribution in [3.8, 4) is 11.3 Å². The molecule has 0 unspecified atom stereocenters. The summed E-state index contributed by atoms with van der Waals surface area (Å²) in [6.07, 6.45) is 4.62. The fraction of sp³-hybridized carbons (Fsp3) is 0.188. The van der Waals surface area contributed by atoms with Gasteiger partial charge in [-0.25, -0.2) is 17.8 Å². The monoisotopic (exact) mass is 460 g/mol. The number of hydrogen-bond acceptors (Lipinski definition) is 5. The minimum Gasteiger partial charge on any atom is -0.340 e. The van der Waals surface area contributed by atoms with Crippen LogP contribution in [0.4, 0.5) is 4.39 Å². The third-order valence-electron chi connectivity index (χ3n) is 3.77. The molecular formula is C16H15Cl2FN6O3S. The quantitative estimate of drug-likeness (QED) is 0.546. The fourth-order valence-electron chi connectivity index (χ4n) is 2.47. The number of carbonyl (C=O) groups excluding carboxylic acids is 1. The van der Waals surface area contributed by atoms with Gasteiger partial charge < -0.3 is 4.57 Å². The molecule has 2 heterocycles. The highest BCUT2D eigenvalue weighted by Gasteiger charge is 2.21. The first kappa shape index (κ1) is 21.2. The lowest BCUT2D eigenvalue weighted by atomic mass is 10.1. The van der Waals surface area contributed by atoms with Gasteiger partial charge in [-0.3, -0.25) is 14.9 Å². The van der Waals surface area contributed by atoms with Gasteiger partial charge in [0.25, 0.3) is 5.91 Å². The van der Waals surface area contributed by atoms with Gasteiger partial charge in [0.2, 0.25) is 10.0 Å². The molecule has 0 aliphatic heterocycles. The van der Waals surface area contributed by atoms with Crippen LogP contribution in [0.3, 0.4) is 0 Å². The highest BCUT2D eigenvalue weighted by molar-refractivity contribution is 7.88. The average molecular weight is 461 g/mol. The molecule has 1 amide bonds. The second-order valence-electron chi connectivity index (χ2n) is 6.16. The van der Waals surface area contributed by atoms with Crippen molar-refractivity contribution in [2.45, 2.75) is 5.75 Å². The topological polar surface area (TPSA) is 111 Å². The number of nitrogens with zero attached hydrogens (tertiary/aromatic N) is 4. The van der Waals surface area contributed by atoms with E-state index < -0.39 is 33.1 Å². The standard InChI is InChI=1S/C16H15Cl2FN6O3S/c1-24-6-13(20-8-24)9-3-10(15(19)11(17)4-9)16(26)21-23-29(27,28)7-14-12(18)5-25(2)22-14/h3-6,8,23H,7H2,1-2H3,(H,21,26). The zero-order valence-electron chi connectivity index (χ0n) is 15.1. The summed E-state index contributed by atoms with van der Waals surface area (Å²) in [7, 11) is -0.713. The Hall–Kier alpha value is -2.47. The van der Waals surface area contributed by atoms with Crippen LogP contribution in [0.5, 0.6) is 0 Å². The van der Waals surface area contributed by atoms with Gasteiger partial charge in [0.15, 0.2) is 5.82 Å². The zero-order chi connectivity index (χ0) is 21.3. The third kappa shape index (κ3) is 4.93. The molecular weight excluding hydrogens is 446 g/mol. The van der Waals surface area contributed by atoms with Crippen molar-refractivity contribution in [2.75, 3.05) is 0 Å². The molecule has 3 rings (SSSR count). The first-order valence-corrected chi connectivity index (χ1v) is 10.4. The number of carbonyl (C=O) groups is 1. The van der Waals surface area contributed by atoms with Gasteiger partial charge in [0.05, 0.1) is 33.3 Å². The molecule has 0 saturated heterocycles. The largest absolute Gasteiger partial charge is 0.340 e. The van der Waals surface area contributed by atoms with Crippen molar-refractivity contribution in [1.82, 2.24) is 29.6 Å². The molecule has 1 aromatic carbocycles. The number of imidazole rings is 1. The maximum atomic E-state index is 14.3. The lowest BCUT2D eigenvalue weighted by Gasteiger charge is -2.10. The Morgan fingerprint density at radius 3 is 2.52 bits per heavy atom. The van der Waals surface area contributed by atoms with E-state index in [1.807, 2.05) is 10.3 Å². The molecule has 2 N–H and O–H groups in total. The number of hydrogen-bond donors (Lipinski definition) is 2. The summed E-state index contributed by atoms with van der Waals surface area (Å²) >= 11 is 11.8. The van der Waals surface area contributed by atoms with Crippen molar-refractivity contribution >= 4 is 39.1 Å². The zero-order valence-corrected chi connectivity index (χ0v) is 17.5. The van der Waals surface area contributed by atoms with Crippen molar-refractivity contribution in [3.05, 3.63) is 58.0 Å². The number of sulfonamides is 1. The van der Waals surface area contributed by atoms with Crippen LogP contribution in [-0.4, -0.2) is 33.7 Å². The highest BCUT2D eigenvalue weighted by Crippen LogP contribution is 2.27. The summed E-state index contributed by atoms with van der Waals surface area (Å²) in [4.78, 5) is 18.4. The van der Waals surface area contributed by atoms with E-state index in [9.17, 15) is 17.6 Å². The molecule has 3 aromatic rings. The molecule has 0 aliphatic carbocycles. The third-order valence-corrected chi connectivity index (χ3v) is 5.43. The smallest absolute Gasteiger partial charge is 0.269 e. The van der Waals surface area contributed by atoms with Crippen molar-refractivity contribution in [1.29, 1.82) is 0 Å². The van der Waals surface area contributed by atoms with Gasteiger partial charge in [-0.2, -0.15) is 5.10 Å². The maximum Gasteiger partial charge on any atom is 0.269 e. The van der Waals surface area contributed by atoms with Crippen LogP contribution in [0.1, 0.15) is 16.1 Å². The van der Waals surface area contributed by atoms with Gasteiger partial charge in [-0.05, 0) is 12.1 Å². The number of halogens is 3. The summed E-state index contributed by atoms with van der Waals surface area (Å²) < 4.78 is 41.7. The van der Waals surface area contributed by atoms with Gasteiger partial charge in [0.1, 0.15) is 5.75 Å². The first-order valence-electron chi connectivity index (χ1n) is 8.01. The predicted octanol–water partition coefficient (Wildman–Crippen LogP) is 2.03. The average Bonchev–Trinajstić information content (AvgIpc) is 3.20. The van der Waals surface area contributed by atoms with Crippen LogP contribution >= 0.6 is 23.2 Å². The normalized spacial score (nSPS) is 11.6. The SMILES string of the molecule is Cn1cnc(-c2cc(Cl)c(F)c(C(=O)NNS(=O)(=O)Cc3nn(C)cc3Cl)c2)c1. The number of amides is 1. The molecule has 2 aromatic heterocycles. The lowest BCUT2D eigenvalue weighted by molar-refractivity contribution is 0.0941. The summed E-state index contributed by atoms with van der Waals surface area (Å²) in [5.41, 5.74) is 2.47. The van der Waals surface area contributed by atoms with E-state index in [4.69, 9.17) is 23.2 Å². The summed E-state index contributed by atoms with van der Waals surface area (Å²) in [6, 6.07) is 2.55. The van der Waals surface area contributed by atoms with Gasteiger partial charge in [-0.15, -0.1) is 4.83 Å². The molecule has 154 valence electrons. The molecule has 0 saturated carbocycles. The predicted molar refractivity (Wildman–Crippen MR) is 105 cm³/mol. The van der Waals surface area contributed by atoms with Crippen molar-refractivity contribution in [3.63, 3.8) is 0 Å². The number of aromatic nitrogens is 4. The molecule has 9 nitrogen and oxygen atoms in total. The van der Waals surface area contributed by atoms with E-state index in [1.54, 1.807) is 24.9 Å². The van der Waals surface area contributed by atoms with Crippen LogP contribution in [0.2, 0.25) is 10.0 Å². The minimum absolute atomic E-state index is 0.0993. The highest BCUT2D eigenvalue weighted by atomic mass is 35.5. The van der Waals surface area contributed by atoms with E-state index >= 15 is 0 Å². The Balaban J connectivity index is 1.78. The summed E-state index contributed by atoms with van der Waals surface area (Å²) in [5.74, 6) is -2.60. The number of benzene rings is 1. The van der Waals surface area contributed by atoms with Crippen LogP contribution in [0, 0.1) is 5.82 Å². The molecule has 0 spiro atoms. The Labute approximate surface area is 175 Å². The first-order chi connectivity index (χ1) is 13.6. The van der Waals surface area contributed by atoms with Crippen molar-refractivity contribution < 1.29 is 17.6 Å². The Kier molecular flexibility index (Phi) is 5.94. The Morgan fingerprint density at radius 1 is 1.21 bits per heavy atom. The molecule has 0 bridgehead atoms. The fourth-order valence-corrected chi connectivity index (χ4v) is 3.91. The molecule has 0 atom stereocenters. The molecule has 29 heavy (non-hydrogen) atoms. The number of hydrazine groups is 1. The molecule has 13 heteroatoms. The maximum absolute atomic E-state index is 14.3. The van der Waals surface area contributed by atoms with E-state index in [-0.39, 0.29) is 15.7 Å². The Bertz CT molecular complexity index is 1190. The molecule has 0 aliphatic rings. The molecule has 0 radical (unpaired) electrons. The van der Waals surface area contributed by atoms with Gasteiger partial charge in [0, 0.05) is 32.1 Å². The van der Waals surface area contributed by atoms with E-state index in [1.165, 1.54) is 29.3 Å². The van der Waals surface area contributed by atoms with Crippen LogP contribution < -0.4 is 10.3 Å². The van der Waals surface area contributed by atoms with E-state index in [2.05, 4.69) is 10.1 Å². The number of aryl methyl sites for hydroxylation is 2.